The lowest BCUT2D eigenvalue weighted by atomic mass is 10.3. The van der Waals surface area contributed by atoms with Crippen molar-refractivity contribution in [3.05, 3.63) is 45.4 Å². The number of non-ortho nitro benzene ring substituents is 1. The maximum absolute atomic E-state index is 11.7. The summed E-state index contributed by atoms with van der Waals surface area (Å²) >= 11 is 3.02. The predicted octanol–water partition coefficient (Wildman–Crippen LogP) is 1.78. The lowest BCUT2D eigenvalue weighted by molar-refractivity contribution is -0.384. The van der Waals surface area contributed by atoms with Crippen molar-refractivity contribution < 1.29 is 13.3 Å². The van der Waals surface area contributed by atoms with Gasteiger partial charge >= 0.3 is 0 Å². The van der Waals surface area contributed by atoms with E-state index in [1.165, 1.54) is 12.1 Å². The lowest BCUT2D eigenvalue weighted by Crippen LogP contribution is -2.24. The maximum atomic E-state index is 11.7. The number of halogens is 1. The number of sulfonamides is 1. The second kappa shape index (κ2) is 5.39. The number of nitro benzene ring substituents is 1. The zero-order valence-electron chi connectivity index (χ0n) is 8.59. The number of hydrogen-bond acceptors (Lipinski definition) is 4. The van der Waals surface area contributed by atoms with Crippen molar-refractivity contribution in [3.8, 4) is 0 Å². The SMILES string of the molecule is C=C(Br)CNS(=O)(=O)c1ccc([N+](=O)[O-])cc1. The van der Waals surface area contributed by atoms with Crippen LogP contribution in [-0.4, -0.2) is 19.9 Å². The highest BCUT2D eigenvalue weighted by molar-refractivity contribution is 9.11. The van der Waals surface area contributed by atoms with E-state index in [2.05, 4.69) is 27.2 Å². The fourth-order valence-corrected chi connectivity index (χ4v) is 2.35. The number of benzene rings is 1. The van der Waals surface area contributed by atoms with Crippen molar-refractivity contribution in [2.24, 2.45) is 0 Å². The zero-order valence-corrected chi connectivity index (χ0v) is 11.0. The molecule has 0 aliphatic rings. The van der Waals surface area contributed by atoms with Gasteiger partial charge in [-0.05, 0) is 12.1 Å². The molecular weight excluding hydrogens is 312 g/mol. The van der Waals surface area contributed by atoms with Gasteiger partial charge in [0.05, 0.1) is 9.82 Å². The van der Waals surface area contributed by atoms with Crippen LogP contribution in [0.3, 0.4) is 0 Å². The van der Waals surface area contributed by atoms with Crippen LogP contribution >= 0.6 is 15.9 Å². The van der Waals surface area contributed by atoms with E-state index in [-0.39, 0.29) is 17.1 Å². The van der Waals surface area contributed by atoms with Gasteiger partial charge in [-0.1, -0.05) is 22.5 Å². The number of hydrogen-bond donors (Lipinski definition) is 1. The summed E-state index contributed by atoms with van der Waals surface area (Å²) in [6.07, 6.45) is 0. The van der Waals surface area contributed by atoms with Gasteiger partial charge < -0.3 is 0 Å². The van der Waals surface area contributed by atoms with E-state index in [4.69, 9.17) is 0 Å². The Morgan fingerprint density at radius 2 is 1.94 bits per heavy atom. The first-order chi connectivity index (χ1) is 7.83. The maximum Gasteiger partial charge on any atom is 0.269 e. The molecular formula is C9H9BrN2O4S. The molecule has 8 heteroatoms. The second-order valence-electron chi connectivity index (χ2n) is 3.09. The van der Waals surface area contributed by atoms with Crippen LogP contribution in [0, 0.1) is 10.1 Å². The average molecular weight is 321 g/mol. The molecule has 0 spiro atoms. The van der Waals surface area contributed by atoms with E-state index in [0.717, 1.165) is 12.1 Å². The Hall–Kier alpha value is -1.25. The second-order valence-corrected chi connectivity index (χ2v) is 5.98. The fourth-order valence-electron chi connectivity index (χ4n) is 1.00. The molecule has 17 heavy (non-hydrogen) atoms. The molecule has 92 valence electrons. The molecule has 0 saturated heterocycles. The highest BCUT2D eigenvalue weighted by atomic mass is 79.9. The number of nitrogens with zero attached hydrogens (tertiary/aromatic N) is 1. The molecule has 0 saturated carbocycles. The lowest BCUT2D eigenvalue weighted by Gasteiger charge is -2.05. The van der Waals surface area contributed by atoms with Crippen molar-refractivity contribution in [2.75, 3.05) is 6.54 Å². The molecule has 0 aliphatic carbocycles. The molecule has 0 aromatic heterocycles. The van der Waals surface area contributed by atoms with Crippen molar-refractivity contribution in [1.29, 1.82) is 0 Å². The van der Waals surface area contributed by atoms with Gasteiger partial charge in [0.25, 0.3) is 5.69 Å². The molecule has 0 bridgehead atoms. The quantitative estimate of drug-likeness (QED) is 0.661. The normalized spacial score (nSPS) is 11.1. The molecule has 1 rings (SSSR count). The minimum absolute atomic E-state index is 0.0307. The molecule has 0 radical (unpaired) electrons. The molecule has 0 fully saturated rings. The Morgan fingerprint density at radius 1 is 1.41 bits per heavy atom. The van der Waals surface area contributed by atoms with Gasteiger partial charge in [-0.2, -0.15) is 0 Å². The minimum atomic E-state index is -3.66. The molecule has 0 aliphatic heterocycles. The Labute approximate surface area is 107 Å². The van der Waals surface area contributed by atoms with Gasteiger partial charge in [-0.25, -0.2) is 13.1 Å². The van der Waals surface area contributed by atoms with Crippen molar-refractivity contribution in [2.45, 2.75) is 4.90 Å². The molecule has 1 aromatic carbocycles. The molecule has 0 amide bonds. The molecule has 6 nitrogen and oxygen atoms in total. The summed E-state index contributed by atoms with van der Waals surface area (Å²) in [5.74, 6) is 0. The average Bonchev–Trinajstić information content (AvgIpc) is 2.27. The molecule has 0 atom stereocenters. The van der Waals surface area contributed by atoms with Gasteiger partial charge in [0.15, 0.2) is 0 Å². The van der Waals surface area contributed by atoms with Crippen LogP contribution in [0.5, 0.6) is 0 Å². The highest BCUT2D eigenvalue weighted by Crippen LogP contribution is 2.15. The Kier molecular flexibility index (Phi) is 4.38. The van der Waals surface area contributed by atoms with Gasteiger partial charge in [-0.15, -0.1) is 0 Å². The predicted molar refractivity (Wildman–Crippen MR) is 66.4 cm³/mol. The summed E-state index contributed by atoms with van der Waals surface area (Å²) < 4.78 is 26.1. The van der Waals surface area contributed by atoms with Gasteiger partial charge in [-0.3, -0.25) is 10.1 Å². The molecule has 0 heterocycles. The summed E-state index contributed by atoms with van der Waals surface area (Å²) in [5, 5.41) is 10.4. The minimum Gasteiger partial charge on any atom is -0.258 e. The van der Waals surface area contributed by atoms with Crippen LogP contribution < -0.4 is 4.72 Å². The van der Waals surface area contributed by atoms with Crippen LogP contribution in [0.2, 0.25) is 0 Å². The third kappa shape index (κ3) is 3.91. The first-order valence-corrected chi connectivity index (χ1v) is 6.68. The van der Waals surface area contributed by atoms with Crippen molar-refractivity contribution >= 4 is 31.6 Å². The van der Waals surface area contributed by atoms with E-state index >= 15 is 0 Å². The number of nitro groups is 1. The van der Waals surface area contributed by atoms with E-state index < -0.39 is 14.9 Å². The van der Waals surface area contributed by atoms with E-state index in [0.29, 0.717) is 4.48 Å². The van der Waals surface area contributed by atoms with Gasteiger partial charge in [0.1, 0.15) is 0 Å². The van der Waals surface area contributed by atoms with E-state index in [9.17, 15) is 18.5 Å². The number of rotatable bonds is 5. The first kappa shape index (κ1) is 13.8. The summed E-state index contributed by atoms with van der Waals surface area (Å²) in [5.41, 5.74) is -0.158. The Bertz CT molecular complexity index is 539. The summed E-state index contributed by atoms with van der Waals surface area (Å²) in [4.78, 5) is 9.78. The van der Waals surface area contributed by atoms with Crippen LogP contribution in [0.4, 0.5) is 5.69 Å². The van der Waals surface area contributed by atoms with Crippen molar-refractivity contribution in [1.82, 2.24) is 4.72 Å². The van der Waals surface area contributed by atoms with Gasteiger partial charge in [0.2, 0.25) is 10.0 Å². The number of nitrogens with one attached hydrogen (secondary N) is 1. The van der Waals surface area contributed by atoms with Gasteiger partial charge in [0, 0.05) is 23.2 Å². The fraction of sp³-hybridized carbons (Fsp3) is 0.111. The van der Waals surface area contributed by atoms with Crippen LogP contribution in [0.25, 0.3) is 0 Å². The van der Waals surface area contributed by atoms with E-state index in [1.54, 1.807) is 0 Å². The summed E-state index contributed by atoms with van der Waals surface area (Å²) in [6.45, 7) is 3.54. The summed E-state index contributed by atoms with van der Waals surface area (Å²) in [6, 6.07) is 4.63. The van der Waals surface area contributed by atoms with E-state index in [1.807, 2.05) is 0 Å². The summed E-state index contributed by atoms with van der Waals surface area (Å²) in [7, 11) is -3.66. The van der Waals surface area contributed by atoms with Crippen molar-refractivity contribution in [3.63, 3.8) is 0 Å². The van der Waals surface area contributed by atoms with Crippen LogP contribution in [0.1, 0.15) is 0 Å². The standard InChI is InChI=1S/C9H9BrN2O4S/c1-7(10)6-11-17(15,16)9-4-2-8(3-5-9)12(13)14/h2-5,11H,1,6H2. The highest BCUT2D eigenvalue weighted by Gasteiger charge is 2.15. The molecule has 1 N–H and O–H groups in total. The Morgan fingerprint density at radius 3 is 2.35 bits per heavy atom. The van der Waals surface area contributed by atoms with Crippen LogP contribution in [-0.2, 0) is 10.0 Å². The van der Waals surface area contributed by atoms with Crippen LogP contribution in [0.15, 0.2) is 40.2 Å². The first-order valence-electron chi connectivity index (χ1n) is 4.40. The smallest absolute Gasteiger partial charge is 0.258 e. The monoisotopic (exact) mass is 320 g/mol. The topological polar surface area (TPSA) is 89.3 Å². The Balaban J connectivity index is 2.92. The largest absolute Gasteiger partial charge is 0.269 e. The molecule has 1 aromatic rings. The zero-order chi connectivity index (χ0) is 13.1. The third-order valence-electron chi connectivity index (χ3n) is 1.81. The third-order valence-corrected chi connectivity index (χ3v) is 3.51. The molecule has 0 unspecified atom stereocenters.